The van der Waals surface area contributed by atoms with Crippen LogP contribution in [-0.2, 0) is 4.79 Å². The SMILES string of the molecule is COc1cc(C(C)=O)ccc1OCC(=O)NCC(O)c1cccc(F)c1. The Labute approximate surface area is 150 Å². The number of methoxy groups -OCH3 is 1. The number of rotatable bonds is 8. The highest BCUT2D eigenvalue weighted by atomic mass is 19.1. The number of nitrogens with one attached hydrogen (secondary N) is 1. The molecule has 0 saturated heterocycles. The number of benzene rings is 2. The molecule has 1 atom stereocenters. The normalized spacial score (nSPS) is 11.5. The molecule has 1 unspecified atom stereocenters. The minimum atomic E-state index is -1.03. The molecule has 0 heterocycles. The van der Waals surface area contributed by atoms with Gasteiger partial charge in [-0.1, -0.05) is 12.1 Å². The molecule has 0 aliphatic heterocycles. The number of aliphatic hydroxyl groups excluding tert-OH is 1. The Morgan fingerprint density at radius 2 is 1.96 bits per heavy atom. The standard InChI is InChI=1S/C19H20FNO5/c1-12(22)13-6-7-17(18(9-13)25-2)26-11-19(24)21-10-16(23)14-4-3-5-15(20)8-14/h3-9,16,23H,10-11H2,1-2H3,(H,21,24). The zero-order valence-corrected chi connectivity index (χ0v) is 14.5. The number of ketones is 1. The van der Waals surface area contributed by atoms with Gasteiger partial charge in [0.25, 0.3) is 5.91 Å². The average molecular weight is 361 g/mol. The smallest absolute Gasteiger partial charge is 0.258 e. The highest BCUT2D eigenvalue weighted by Crippen LogP contribution is 2.28. The lowest BCUT2D eigenvalue weighted by atomic mass is 10.1. The molecule has 1 amide bonds. The Morgan fingerprint density at radius 1 is 1.19 bits per heavy atom. The van der Waals surface area contributed by atoms with Gasteiger partial charge in [0, 0.05) is 12.1 Å². The van der Waals surface area contributed by atoms with E-state index in [-0.39, 0.29) is 18.9 Å². The van der Waals surface area contributed by atoms with E-state index in [0.29, 0.717) is 22.6 Å². The number of amides is 1. The van der Waals surface area contributed by atoms with E-state index in [1.807, 2.05) is 0 Å². The van der Waals surface area contributed by atoms with Crippen LogP contribution in [0, 0.1) is 5.82 Å². The van der Waals surface area contributed by atoms with Crippen molar-refractivity contribution in [2.75, 3.05) is 20.3 Å². The second kappa shape index (κ2) is 8.96. The predicted octanol–water partition coefficient (Wildman–Crippen LogP) is 2.27. The monoisotopic (exact) mass is 361 g/mol. The van der Waals surface area contributed by atoms with Crippen LogP contribution in [-0.4, -0.2) is 37.1 Å². The fraction of sp³-hybridized carbons (Fsp3) is 0.263. The molecular formula is C19H20FNO5. The van der Waals surface area contributed by atoms with Crippen LogP contribution in [0.2, 0.25) is 0 Å². The Bertz CT molecular complexity index is 793. The first-order valence-electron chi connectivity index (χ1n) is 7.92. The summed E-state index contributed by atoms with van der Waals surface area (Å²) in [4.78, 5) is 23.2. The van der Waals surface area contributed by atoms with Crippen LogP contribution in [0.5, 0.6) is 11.5 Å². The van der Waals surface area contributed by atoms with E-state index in [2.05, 4.69) is 5.32 Å². The first-order valence-corrected chi connectivity index (χ1v) is 7.92. The molecule has 0 fully saturated rings. The second-order valence-corrected chi connectivity index (χ2v) is 5.59. The van der Waals surface area contributed by atoms with Crippen LogP contribution in [0.3, 0.4) is 0 Å². The maximum absolute atomic E-state index is 13.1. The van der Waals surface area contributed by atoms with Crippen LogP contribution >= 0.6 is 0 Å². The maximum Gasteiger partial charge on any atom is 0.258 e. The number of carbonyl (C=O) groups excluding carboxylic acids is 2. The van der Waals surface area contributed by atoms with Gasteiger partial charge in [0.2, 0.25) is 0 Å². The topological polar surface area (TPSA) is 84.9 Å². The van der Waals surface area contributed by atoms with Crippen molar-refractivity contribution >= 4 is 11.7 Å². The number of Topliss-reactive ketones (excluding diaryl/α,β-unsaturated/α-hetero) is 1. The van der Waals surface area contributed by atoms with E-state index in [1.54, 1.807) is 18.2 Å². The number of hydrogen-bond donors (Lipinski definition) is 2. The predicted molar refractivity (Wildman–Crippen MR) is 92.9 cm³/mol. The van der Waals surface area contributed by atoms with Gasteiger partial charge in [0.05, 0.1) is 13.2 Å². The Hall–Kier alpha value is -2.93. The average Bonchev–Trinajstić information content (AvgIpc) is 2.64. The van der Waals surface area contributed by atoms with E-state index >= 15 is 0 Å². The lowest BCUT2D eigenvalue weighted by molar-refractivity contribution is -0.123. The molecule has 0 saturated carbocycles. The van der Waals surface area contributed by atoms with Crippen LogP contribution in [0.15, 0.2) is 42.5 Å². The summed E-state index contributed by atoms with van der Waals surface area (Å²) in [6.07, 6.45) is -1.03. The van der Waals surface area contributed by atoms with Crippen LogP contribution in [0.4, 0.5) is 4.39 Å². The molecule has 2 rings (SSSR count). The van der Waals surface area contributed by atoms with Crippen molar-refractivity contribution in [3.8, 4) is 11.5 Å². The molecule has 0 aliphatic rings. The summed E-state index contributed by atoms with van der Waals surface area (Å²) in [5.74, 6) is -0.377. The third-order valence-corrected chi connectivity index (χ3v) is 3.65. The van der Waals surface area contributed by atoms with Crippen molar-refractivity contribution in [1.29, 1.82) is 0 Å². The first-order chi connectivity index (χ1) is 12.4. The summed E-state index contributed by atoms with van der Waals surface area (Å²) in [6.45, 7) is 1.06. The molecule has 2 aromatic carbocycles. The first kappa shape index (κ1) is 19.4. The van der Waals surface area contributed by atoms with Crippen molar-refractivity contribution in [2.45, 2.75) is 13.0 Å². The quantitative estimate of drug-likeness (QED) is 0.705. The molecule has 138 valence electrons. The lowest BCUT2D eigenvalue weighted by Crippen LogP contribution is -2.32. The van der Waals surface area contributed by atoms with Crippen molar-refractivity contribution in [2.24, 2.45) is 0 Å². The number of ether oxygens (including phenoxy) is 2. The molecule has 6 nitrogen and oxygen atoms in total. The minimum Gasteiger partial charge on any atom is -0.493 e. The van der Waals surface area contributed by atoms with Gasteiger partial charge in [-0.05, 0) is 42.8 Å². The molecule has 0 radical (unpaired) electrons. The fourth-order valence-electron chi connectivity index (χ4n) is 2.24. The summed E-state index contributed by atoms with van der Waals surface area (Å²) in [5.41, 5.74) is 0.838. The summed E-state index contributed by atoms with van der Waals surface area (Å²) >= 11 is 0. The van der Waals surface area contributed by atoms with Gasteiger partial charge in [-0.25, -0.2) is 4.39 Å². The summed E-state index contributed by atoms with van der Waals surface area (Å²) in [7, 11) is 1.43. The van der Waals surface area contributed by atoms with Crippen LogP contribution in [0.1, 0.15) is 28.9 Å². The van der Waals surface area contributed by atoms with Gasteiger partial charge in [-0.15, -0.1) is 0 Å². The van der Waals surface area contributed by atoms with Gasteiger partial charge in [-0.2, -0.15) is 0 Å². The lowest BCUT2D eigenvalue weighted by Gasteiger charge is -2.14. The highest BCUT2D eigenvalue weighted by molar-refractivity contribution is 5.94. The zero-order chi connectivity index (χ0) is 19.1. The number of halogens is 1. The summed E-state index contributed by atoms with van der Waals surface area (Å²) in [6, 6.07) is 10.2. The van der Waals surface area contributed by atoms with Gasteiger partial charge >= 0.3 is 0 Å². The van der Waals surface area contributed by atoms with Gasteiger partial charge in [0.1, 0.15) is 5.82 Å². The number of aliphatic hydroxyl groups is 1. The third-order valence-electron chi connectivity index (χ3n) is 3.65. The maximum atomic E-state index is 13.1. The zero-order valence-electron chi connectivity index (χ0n) is 14.5. The van der Waals surface area contributed by atoms with Crippen molar-refractivity contribution < 1.29 is 28.6 Å². The Kier molecular flexibility index (Phi) is 6.68. The molecule has 2 aromatic rings. The van der Waals surface area contributed by atoms with E-state index < -0.39 is 17.8 Å². The van der Waals surface area contributed by atoms with Crippen LogP contribution < -0.4 is 14.8 Å². The van der Waals surface area contributed by atoms with Gasteiger partial charge < -0.3 is 19.9 Å². The minimum absolute atomic E-state index is 0.0773. The van der Waals surface area contributed by atoms with E-state index in [4.69, 9.17) is 9.47 Å². The molecular weight excluding hydrogens is 341 g/mol. The Morgan fingerprint density at radius 3 is 2.62 bits per heavy atom. The number of carbonyl (C=O) groups is 2. The van der Waals surface area contributed by atoms with Crippen LogP contribution in [0.25, 0.3) is 0 Å². The molecule has 0 bridgehead atoms. The number of hydrogen-bond acceptors (Lipinski definition) is 5. The molecule has 7 heteroatoms. The molecule has 0 aliphatic carbocycles. The van der Waals surface area contributed by atoms with E-state index in [1.165, 1.54) is 38.3 Å². The van der Waals surface area contributed by atoms with Gasteiger partial charge in [-0.3, -0.25) is 9.59 Å². The molecule has 0 aromatic heterocycles. The van der Waals surface area contributed by atoms with Crippen molar-refractivity contribution in [1.82, 2.24) is 5.32 Å². The summed E-state index contributed by atoms with van der Waals surface area (Å²) in [5, 5.41) is 12.5. The second-order valence-electron chi connectivity index (χ2n) is 5.59. The fourth-order valence-corrected chi connectivity index (χ4v) is 2.24. The van der Waals surface area contributed by atoms with E-state index in [0.717, 1.165) is 0 Å². The highest BCUT2D eigenvalue weighted by Gasteiger charge is 2.13. The van der Waals surface area contributed by atoms with Crippen molar-refractivity contribution in [3.63, 3.8) is 0 Å². The van der Waals surface area contributed by atoms with Gasteiger partial charge in [0.15, 0.2) is 23.9 Å². The molecule has 26 heavy (non-hydrogen) atoms. The van der Waals surface area contributed by atoms with Crippen molar-refractivity contribution in [3.05, 3.63) is 59.4 Å². The summed E-state index contributed by atoms with van der Waals surface area (Å²) < 4.78 is 23.7. The molecule has 0 spiro atoms. The van der Waals surface area contributed by atoms with E-state index in [9.17, 15) is 19.1 Å². The molecule has 2 N–H and O–H groups in total. The Balaban J connectivity index is 1.88. The largest absolute Gasteiger partial charge is 0.493 e. The third kappa shape index (κ3) is 5.29.